The van der Waals surface area contributed by atoms with E-state index in [-0.39, 0.29) is 16.5 Å². The first-order valence-corrected chi connectivity index (χ1v) is 8.52. The molecule has 0 spiro atoms. The number of carbonyl (C=O) groups excluding carboxylic acids is 1. The summed E-state index contributed by atoms with van der Waals surface area (Å²) < 4.78 is 32.7. The molecular formula is C16H13N4O4S-. The maximum atomic E-state index is 12.4. The summed E-state index contributed by atoms with van der Waals surface area (Å²) >= 11 is 0. The number of nitrogens with zero attached hydrogens (tertiary/aromatic N) is 2. The zero-order valence-corrected chi connectivity index (χ0v) is 13.7. The summed E-state index contributed by atoms with van der Waals surface area (Å²) in [5.74, 6) is -0.387. The Morgan fingerprint density at radius 2 is 1.72 bits per heavy atom. The first-order valence-electron chi connectivity index (χ1n) is 7.11. The molecule has 1 saturated heterocycles. The van der Waals surface area contributed by atoms with Crippen molar-refractivity contribution in [2.24, 2.45) is 5.10 Å². The van der Waals surface area contributed by atoms with E-state index < -0.39 is 10.1 Å². The molecule has 0 aliphatic carbocycles. The third-order valence-electron chi connectivity index (χ3n) is 3.39. The lowest BCUT2D eigenvalue weighted by atomic mass is 10.3. The Labute approximate surface area is 144 Å². The van der Waals surface area contributed by atoms with E-state index in [1.807, 2.05) is 6.07 Å². The number of hydrogen-bond donors (Lipinski definition) is 2. The molecule has 2 aromatic carbocycles. The Hall–Kier alpha value is -3.17. The molecule has 1 aliphatic heterocycles. The first kappa shape index (κ1) is 16.7. The number of amides is 1. The van der Waals surface area contributed by atoms with Gasteiger partial charge in [-0.25, -0.2) is 13.4 Å². The Morgan fingerprint density at radius 1 is 1.08 bits per heavy atom. The van der Waals surface area contributed by atoms with E-state index in [4.69, 9.17) is 0 Å². The highest BCUT2D eigenvalue weighted by molar-refractivity contribution is 7.85. The minimum absolute atomic E-state index is 0.0874. The van der Waals surface area contributed by atoms with Crippen molar-refractivity contribution in [3.05, 3.63) is 66.9 Å². The third-order valence-corrected chi connectivity index (χ3v) is 4.24. The van der Waals surface area contributed by atoms with Crippen molar-refractivity contribution in [2.45, 2.75) is 4.90 Å². The average molecular weight is 357 g/mol. The van der Waals surface area contributed by atoms with E-state index >= 15 is 0 Å². The molecule has 0 unspecified atom stereocenters. The van der Waals surface area contributed by atoms with Crippen LogP contribution in [0.15, 0.2) is 76.9 Å². The Bertz CT molecular complexity index is 953. The van der Waals surface area contributed by atoms with E-state index in [2.05, 4.69) is 22.5 Å². The van der Waals surface area contributed by atoms with Crippen LogP contribution < -0.4 is 15.9 Å². The SMILES string of the molecule is C=C1NN(c2ccccc2)C(=O)/C1=N/Nc1ccc(S(=O)(=O)[O-])cc1. The monoisotopic (exact) mass is 357 g/mol. The van der Waals surface area contributed by atoms with Gasteiger partial charge in [0.15, 0.2) is 5.71 Å². The van der Waals surface area contributed by atoms with Gasteiger partial charge in [0.05, 0.1) is 22.0 Å². The molecule has 0 atom stereocenters. The summed E-state index contributed by atoms with van der Waals surface area (Å²) in [6.45, 7) is 3.76. The predicted octanol–water partition coefficient (Wildman–Crippen LogP) is 1.42. The molecule has 0 radical (unpaired) electrons. The molecule has 8 nitrogen and oxygen atoms in total. The maximum Gasteiger partial charge on any atom is 0.299 e. The fourth-order valence-electron chi connectivity index (χ4n) is 2.16. The summed E-state index contributed by atoms with van der Waals surface area (Å²) in [7, 11) is -4.50. The lowest BCUT2D eigenvalue weighted by molar-refractivity contribution is -0.112. The van der Waals surface area contributed by atoms with Gasteiger partial charge in [0.1, 0.15) is 10.1 Å². The number of hydrazine groups is 1. The second-order valence-electron chi connectivity index (χ2n) is 5.12. The number of hydrogen-bond acceptors (Lipinski definition) is 7. The van der Waals surface area contributed by atoms with Crippen molar-refractivity contribution in [1.29, 1.82) is 0 Å². The van der Waals surface area contributed by atoms with E-state index in [0.717, 1.165) is 12.1 Å². The van der Waals surface area contributed by atoms with E-state index in [1.54, 1.807) is 24.3 Å². The van der Waals surface area contributed by atoms with Gasteiger partial charge in [-0.1, -0.05) is 24.8 Å². The molecule has 0 saturated carbocycles. The highest BCUT2D eigenvalue weighted by Gasteiger charge is 2.32. The lowest BCUT2D eigenvalue weighted by Gasteiger charge is -2.14. The van der Waals surface area contributed by atoms with Crippen LogP contribution in [0, 0.1) is 0 Å². The van der Waals surface area contributed by atoms with E-state index in [1.165, 1.54) is 17.1 Å². The van der Waals surface area contributed by atoms with Crippen molar-refractivity contribution < 1.29 is 17.8 Å². The fourth-order valence-corrected chi connectivity index (χ4v) is 2.63. The molecule has 1 fully saturated rings. The van der Waals surface area contributed by atoms with Gasteiger partial charge in [0, 0.05) is 0 Å². The predicted molar refractivity (Wildman–Crippen MR) is 91.7 cm³/mol. The third kappa shape index (κ3) is 3.52. The quantitative estimate of drug-likeness (QED) is 0.632. The maximum absolute atomic E-state index is 12.4. The van der Waals surface area contributed by atoms with Crippen molar-refractivity contribution in [2.75, 3.05) is 10.4 Å². The molecule has 25 heavy (non-hydrogen) atoms. The molecule has 9 heteroatoms. The van der Waals surface area contributed by atoms with Crippen LogP contribution in [-0.2, 0) is 14.9 Å². The van der Waals surface area contributed by atoms with Crippen molar-refractivity contribution in [1.82, 2.24) is 5.43 Å². The lowest BCUT2D eigenvalue weighted by Crippen LogP contribution is -2.34. The number of benzene rings is 2. The summed E-state index contributed by atoms with van der Waals surface area (Å²) in [5, 5.41) is 5.32. The molecule has 0 bridgehead atoms. The van der Waals surface area contributed by atoms with Crippen LogP contribution in [0.5, 0.6) is 0 Å². The van der Waals surface area contributed by atoms with Gasteiger partial charge >= 0.3 is 0 Å². The molecule has 1 heterocycles. The van der Waals surface area contributed by atoms with Gasteiger partial charge in [-0.2, -0.15) is 5.10 Å². The average Bonchev–Trinajstić information content (AvgIpc) is 2.88. The smallest absolute Gasteiger partial charge is 0.299 e. The standard InChI is InChI=1S/C16H14N4O4S/c1-11-15(16(21)20(19-11)13-5-3-2-4-6-13)18-17-12-7-9-14(10-8-12)25(22,23)24/h2-10,17,19H,1H2,(H,22,23,24)/p-1/b18-15+. The molecular weight excluding hydrogens is 344 g/mol. The highest BCUT2D eigenvalue weighted by atomic mass is 32.2. The Kier molecular flexibility index (Phi) is 4.26. The van der Waals surface area contributed by atoms with Gasteiger partial charge in [-0.05, 0) is 36.4 Å². The molecule has 3 rings (SSSR count). The molecule has 128 valence electrons. The Balaban J connectivity index is 1.77. The topological polar surface area (TPSA) is 114 Å². The minimum atomic E-state index is -4.50. The highest BCUT2D eigenvalue weighted by Crippen LogP contribution is 2.19. The number of carbonyl (C=O) groups is 1. The van der Waals surface area contributed by atoms with Crippen LogP contribution in [0.1, 0.15) is 0 Å². The number of para-hydroxylation sites is 1. The number of anilines is 2. The van der Waals surface area contributed by atoms with Crippen molar-refractivity contribution in [3.8, 4) is 0 Å². The molecule has 1 amide bonds. The van der Waals surface area contributed by atoms with Crippen LogP contribution in [0.25, 0.3) is 0 Å². The van der Waals surface area contributed by atoms with Gasteiger partial charge < -0.3 is 4.55 Å². The van der Waals surface area contributed by atoms with Gasteiger partial charge in [0.25, 0.3) is 5.91 Å². The van der Waals surface area contributed by atoms with Gasteiger partial charge in [0.2, 0.25) is 0 Å². The summed E-state index contributed by atoms with van der Waals surface area (Å²) in [6, 6.07) is 14.0. The minimum Gasteiger partial charge on any atom is -0.744 e. The van der Waals surface area contributed by atoms with Gasteiger partial charge in [-0.15, -0.1) is 0 Å². The van der Waals surface area contributed by atoms with Crippen LogP contribution in [0.3, 0.4) is 0 Å². The molecule has 2 N–H and O–H groups in total. The van der Waals surface area contributed by atoms with E-state index in [9.17, 15) is 17.8 Å². The zero-order valence-electron chi connectivity index (χ0n) is 12.8. The second kappa shape index (κ2) is 6.38. The molecule has 0 aromatic heterocycles. The molecule has 2 aromatic rings. The van der Waals surface area contributed by atoms with Crippen molar-refractivity contribution >= 4 is 33.1 Å². The number of hydrazone groups is 1. The van der Waals surface area contributed by atoms with Crippen LogP contribution in [-0.4, -0.2) is 24.6 Å². The van der Waals surface area contributed by atoms with Crippen molar-refractivity contribution in [3.63, 3.8) is 0 Å². The second-order valence-corrected chi connectivity index (χ2v) is 6.50. The first-order chi connectivity index (χ1) is 11.9. The van der Waals surface area contributed by atoms with Crippen LogP contribution >= 0.6 is 0 Å². The number of rotatable bonds is 4. The van der Waals surface area contributed by atoms with Crippen LogP contribution in [0.2, 0.25) is 0 Å². The Morgan fingerprint density at radius 3 is 2.32 bits per heavy atom. The molecule has 1 aliphatic rings. The zero-order chi connectivity index (χ0) is 18.0. The number of nitrogens with one attached hydrogen (secondary N) is 2. The summed E-state index contributed by atoms with van der Waals surface area (Å²) in [6.07, 6.45) is 0. The fraction of sp³-hybridized carbons (Fsp3) is 0. The van der Waals surface area contributed by atoms with Crippen LogP contribution in [0.4, 0.5) is 11.4 Å². The van der Waals surface area contributed by atoms with Gasteiger partial charge in [-0.3, -0.25) is 15.6 Å². The largest absolute Gasteiger partial charge is 0.744 e. The summed E-state index contributed by atoms with van der Waals surface area (Å²) in [5.41, 5.74) is 6.94. The van der Waals surface area contributed by atoms with E-state index in [0.29, 0.717) is 17.1 Å². The summed E-state index contributed by atoms with van der Waals surface area (Å²) in [4.78, 5) is 12.1. The normalized spacial score (nSPS) is 16.2.